The lowest BCUT2D eigenvalue weighted by Gasteiger charge is -2.33. The lowest BCUT2D eigenvalue weighted by atomic mass is 9.92. The van der Waals surface area contributed by atoms with Gasteiger partial charge in [-0.05, 0) is 47.7 Å². The normalized spacial score (nSPS) is 16.5. The number of carbonyl (C=O) groups excluding carboxylic acids is 2. The molecule has 37 heavy (non-hydrogen) atoms. The summed E-state index contributed by atoms with van der Waals surface area (Å²) in [5.74, 6) is -0.234. The molecule has 0 bridgehead atoms. The number of anilines is 1. The molecule has 2 heterocycles. The molecule has 2 fully saturated rings. The van der Waals surface area contributed by atoms with Crippen LogP contribution >= 0.6 is 11.6 Å². The molecule has 1 N–H and O–H groups in total. The largest absolute Gasteiger partial charge is 0.360 e. The van der Waals surface area contributed by atoms with E-state index in [9.17, 15) is 9.59 Å². The van der Waals surface area contributed by atoms with Gasteiger partial charge < -0.3 is 9.80 Å². The van der Waals surface area contributed by atoms with E-state index in [1.54, 1.807) is 4.90 Å². The van der Waals surface area contributed by atoms with Crippen LogP contribution in [0.4, 0.5) is 5.69 Å². The summed E-state index contributed by atoms with van der Waals surface area (Å²) in [5, 5.41) is 0.774. The number of amides is 2. The number of hydrogen-bond donors (Lipinski definition) is 1. The first-order valence-electron chi connectivity index (χ1n) is 13.1. The van der Waals surface area contributed by atoms with E-state index in [0.29, 0.717) is 12.1 Å². The number of nitrogens with zero attached hydrogens (tertiary/aromatic N) is 2. The number of quaternary nitrogens is 1. The average molecular weight is 515 g/mol. The Hall–Kier alpha value is -3.41. The van der Waals surface area contributed by atoms with Crippen molar-refractivity contribution in [3.63, 3.8) is 0 Å². The summed E-state index contributed by atoms with van der Waals surface area (Å²) >= 11 is 6.15. The van der Waals surface area contributed by atoms with E-state index >= 15 is 0 Å². The molecule has 5 rings (SSSR count). The maximum absolute atomic E-state index is 13.4. The number of unbranched alkanes of at least 4 members (excludes halogenated alkanes) is 1. The van der Waals surface area contributed by atoms with Gasteiger partial charge in [-0.15, -0.1) is 0 Å². The lowest BCUT2D eigenvalue weighted by molar-refractivity contribution is -0.900. The summed E-state index contributed by atoms with van der Waals surface area (Å²) in [6.45, 7) is 5.72. The SMILES string of the molecule is O=C1CC(=C(c2ccccc2)c2ccccc2)C(=O)N1CCCC[NH+]1CCN(c2cccc(Cl)c2)CC1. The predicted octanol–water partition coefficient (Wildman–Crippen LogP) is 4.09. The van der Waals surface area contributed by atoms with Crippen molar-refractivity contribution in [1.29, 1.82) is 0 Å². The molecular formula is C31H33ClN3O2+. The zero-order valence-corrected chi connectivity index (χ0v) is 21.8. The highest BCUT2D eigenvalue weighted by molar-refractivity contribution is 6.30. The van der Waals surface area contributed by atoms with Crippen molar-refractivity contribution >= 4 is 34.7 Å². The van der Waals surface area contributed by atoms with E-state index in [1.807, 2.05) is 78.9 Å². The number of imide groups is 1. The van der Waals surface area contributed by atoms with Crippen molar-refractivity contribution in [3.05, 3.63) is 107 Å². The first-order chi connectivity index (χ1) is 18.1. The molecule has 0 atom stereocenters. The van der Waals surface area contributed by atoms with Gasteiger partial charge in [0.15, 0.2) is 0 Å². The van der Waals surface area contributed by atoms with E-state index in [-0.39, 0.29) is 18.2 Å². The fraction of sp³-hybridized carbons (Fsp3) is 0.290. The second kappa shape index (κ2) is 11.8. The molecule has 2 amide bonds. The molecule has 5 nitrogen and oxygen atoms in total. The minimum atomic E-state index is -0.143. The van der Waals surface area contributed by atoms with Gasteiger partial charge >= 0.3 is 0 Å². The maximum atomic E-state index is 13.4. The van der Waals surface area contributed by atoms with Crippen LogP contribution in [0.2, 0.25) is 5.02 Å². The second-order valence-corrected chi connectivity index (χ2v) is 10.2. The molecule has 0 saturated carbocycles. The van der Waals surface area contributed by atoms with E-state index in [0.717, 1.165) is 67.3 Å². The average Bonchev–Trinajstić information content (AvgIpc) is 3.21. The number of rotatable bonds is 8. The van der Waals surface area contributed by atoms with Crippen LogP contribution in [0, 0.1) is 0 Å². The van der Waals surface area contributed by atoms with Crippen molar-refractivity contribution in [1.82, 2.24) is 4.90 Å². The third-order valence-electron chi connectivity index (χ3n) is 7.37. The second-order valence-electron chi connectivity index (χ2n) is 9.79. The number of nitrogens with one attached hydrogen (secondary N) is 1. The smallest absolute Gasteiger partial charge is 0.257 e. The van der Waals surface area contributed by atoms with Gasteiger partial charge in [-0.2, -0.15) is 0 Å². The molecule has 2 saturated heterocycles. The van der Waals surface area contributed by atoms with Crippen LogP contribution in [0.25, 0.3) is 5.57 Å². The van der Waals surface area contributed by atoms with Gasteiger partial charge in [0, 0.05) is 22.8 Å². The van der Waals surface area contributed by atoms with E-state index in [1.165, 1.54) is 10.6 Å². The van der Waals surface area contributed by atoms with Crippen molar-refractivity contribution in [2.75, 3.05) is 44.2 Å². The van der Waals surface area contributed by atoms with Gasteiger partial charge in [-0.1, -0.05) is 78.3 Å². The van der Waals surface area contributed by atoms with Crippen LogP contribution in [0.5, 0.6) is 0 Å². The Labute approximate surface area is 223 Å². The summed E-state index contributed by atoms with van der Waals surface area (Å²) < 4.78 is 0. The number of hydrogen-bond acceptors (Lipinski definition) is 3. The monoisotopic (exact) mass is 514 g/mol. The number of carbonyl (C=O) groups is 2. The summed E-state index contributed by atoms with van der Waals surface area (Å²) in [6.07, 6.45) is 1.99. The molecule has 0 unspecified atom stereocenters. The lowest BCUT2D eigenvalue weighted by Crippen LogP contribution is -3.14. The van der Waals surface area contributed by atoms with Crippen molar-refractivity contribution < 1.29 is 14.5 Å². The summed E-state index contributed by atoms with van der Waals surface area (Å²) in [5.41, 5.74) is 4.58. The third kappa shape index (κ3) is 5.95. The first-order valence-corrected chi connectivity index (χ1v) is 13.5. The number of benzene rings is 3. The van der Waals surface area contributed by atoms with Gasteiger partial charge in [0.1, 0.15) is 0 Å². The van der Waals surface area contributed by atoms with Gasteiger partial charge in [0.2, 0.25) is 5.91 Å². The zero-order chi connectivity index (χ0) is 25.6. The Morgan fingerprint density at radius 2 is 1.46 bits per heavy atom. The minimum Gasteiger partial charge on any atom is -0.360 e. The Morgan fingerprint density at radius 1 is 0.811 bits per heavy atom. The predicted molar refractivity (Wildman–Crippen MR) is 149 cm³/mol. The molecule has 0 radical (unpaired) electrons. The standard InChI is InChI=1S/C31H32ClN3O2/c32-26-14-9-15-27(22-26)34-20-18-33(19-21-34)16-7-8-17-35-29(36)23-28(31(35)37)30(24-10-3-1-4-11-24)25-12-5-2-6-13-25/h1-6,9-15,22H,7-8,16-21,23H2/p+1. The Balaban J connectivity index is 1.17. The van der Waals surface area contributed by atoms with Gasteiger partial charge in [-0.25, -0.2) is 0 Å². The van der Waals surface area contributed by atoms with Gasteiger partial charge in [-0.3, -0.25) is 14.5 Å². The highest BCUT2D eigenvalue weighted by Gasteiger charge is 2.36. The fourth-order valence-corrected chi connectivity index (χ4v) is 5.58. The number of piperazine rings is 1. The molecular weight excluding hydrogens is 482 g/mol. The fourth-order valence-electron chi connectivity index (χ4n) is 5.39. The zero-order valence-electron chi connectivity index (χ0n) is 21.0. The first kappa shape index (κ1) is 25.2. The van der Waals surface area contributed by atoms with Gasteiger partial charge in [0.25, 0.3) is 5.91 Å². The molecule has 3 aromatic rings. The molecule has 0 aliphatic carbocycles. The van der Waals surface area contributed by atoms with Crippen molar-refractivity contribution in [3.8, 4) is 0 Å². The topological polar surface area (TPSA) is 45.1 Å². The Bertz CT molecular complexity index is 1230. The van der Waals surface area contributed by atoms with Crippen LogP contribution in [0.15, 0.2) is 90.5 Å². The van der Waals surface area contributed by atoms with Crippen LogP contribution < -0.4 is 9.80 Å². The van der Waals surface area contributed by atoms with Gasteiger partial charge in [0.05, 0.1) is 39.1 Å². The van der Waals surface area contributed by atoms with Crippen molar-refractivity contribution in [2.24, 2.45) is 0 Å². The Kier molecular flexibility index (Phi) is 8.02. The number of halogens is 1. The third-order valence-corrected chi connectivity index (χ3v) is 7.60. The highest BCUT2D eigenvalue weighted by Crippen LogP contribution is 2.33. The highest BCUT2D eigenvalue weighted by atomic mass is 35.5. The minimum absolute atomic E-state index is 0.0909. The van der Waals surface area contributed by atoms with Crippen LogP contribution in [-0.2, 0) is 9.59 Å². The summed E-state index contributed by atoms with van der Waals surface area (Å²) in [4.78, 5) is 31.8. The Morgan fingerprint density at radius 3 is 2.08 bits per heavy atom. The van der Waals surface area contributed by atoms with E-state index in [2.05, 4.69) is 11.0 Å². The molecule has 0 aromatic heterocycles. The summed E-state index contributed by atoms with van der Waals surface area (Å²) in [7, 11) is 0. The summed E-state index contributed by atoms with van der Waals surface area (Å²) in [6, 6.07) is 27.9. The quantitative estimate of drug-likeness (QED) is 0.280. The molecule has 190 valence electrons. The van der Waals surface area contributed by atoms with Crippen LogP contribution in [0.3, 0.4) is 0 Å². The van der Waals surface area contributed by atoms with E-state index < -0.39 is 0 Å². The van der Waals surface area contributed by atoms with E-state index in [4.69, 9.17) is 11.6 Å². The molecule has 6 heteroatoms. The molecule has 2 aliphatic rings. The maximum Gasteiger partial charge on any atom is 0.257 e. The number of likely N-dealkylation sites (tertiary alicyclic amines) is 1. The van der Waals surface area contributed by atoms with Crippen LogP contribution in [0.1, 0.15) is 30.4 Å². The molecule has 3 aromatic carbocycles. The molecule has 2 aliphatic heterocycles. The van der Waals surface area contributed by atoms with Crippen molar-refractivity contribution in [2.45, 2.75) is 19.3 Å². The van der Waals surface area contributed by atoms with Crippen LogP contribution in [-0.4, -0.2) is 56.0 Å². The molecule has 0 spiro atoms.